The highest BCUT2D eigenvalue weighted by Crippen LogP contribution is 2.22. The van der Waals surface area contributed by atoms with Crippen LogP contribution in [0, 0.1) is 0 Å². The van der Waals surface area contributed by atoms with Gasteiger partial charge >= 0.3 is 6.61 Å². The molecule has 0 saturated heterocycles. The summed E-state index contributed by atoms with van der Waals surface area (Å²) in [4.78, 5) is 3.93. The number of nitrogens with zero attached hydrogens (tertiary/aromatic N) is 1. The smallest absolute Gasteiger partial charge is 0.387 e. The maximum Gasteiger partial charge on any atom is 0.387 e. The number of ether oxygens (including phenoxy) is 1. The van der Waals surface area contributed by atoms with Gasteiger partial charge in [-0.05, 0) is 25.8 Å². The van der Waals surface area contributed by atoms with Gasteiger partial charge in [0.15, 0.2) is 0 Å². The van der Waals surface area contributed by atoms with E-state index in [4.69, 9.17) is 0 Å². The molecule has 0 aliphatic heterocycles. The molecular weight excluding hydrogens is 176 g/mol. The van der Waals surface area contributed by atoms with Crippen molar-refractivity contribution in [2.75, 3.05) is 0 Å². The molecule has 13 heavy (non-hydrogen) atoms. The molecule has 0 aromatic carbocycles. The fraction of sp³-hybridized carbons (Fsp3) is 0.444. The molecule has 0 bridgehead atoms. The molecule has 0 amide bonds. The Labute approximate surface area is 75.6 Å². The highest BCUT2D eigenvalue weighted by Gasteiger charge is 2.13. The molecular formula is C9H11F2NO. The van der Waals surface area contributed by atoms with Gasteiger partial charge < -0.3 is 4.74 Å². The van der Waals surface area contributed by atoms with E-state index in [9.17, 15) is 8.78 Å². The summed E-state index contributed by atoms with van der Waals surface area (Å²) in [7, 11) is 0. The Morgan fingerprint density at radius 2 is 2.15 bits per heavy atom. The first-order chi connectivity index (χ1) is 6.24. The summed E-state index contributed by atoms with van der Waals surface area (Å²) in [5, 5.41) is 0. The Morgan fingerprint density at radius 3 is 2.77 bits per heavy atom. The van der Waals surface area contributed by atoms with Crippen LogP contribution >= 0.6 is 0 Å². The lowest BCUT2D eigenvalue weighted by atomic mass is 10.1. The molecule has 0 aromatic rings. The molecule has 0 fully saturated rings. The van der Waals surface area contributed by atoms with Crippen LogP contribution in [0.25, 0.3) is 0 Å². The van der Waals surface area contributed by atoms with E-state index < -0.39 is 6.61 Å². The molecule has 0 N–H and O–H groups in total. The van der Waals surface area contributed by atoms with Gasteiger partial charge in [-0.15, -0.1) is 0 Å². The monoisotopic (exact) mass is 187 g/mol. The van der Waals surface area contributed by atoms with E-state index in [0.29, 0.717) is 5.70 Å². The first-order valence-electron chi connectivity index (χ1n) is 4.08. The largest absolute Gasteiger partial charge is 0.433 e. The predicted octanol–water partition coefficient (Wildman–Crippen LogP) is 2.88. The standard InChI is InChI=1S/C9H11F2NO/c1-2-12-7-5-3-4-6-8(7)13-9(10)11/h2,5-6,9H,3-4H2,1H3. The summed E-state index contributed by atoms with van der Waals surface area (Å²) < 4.78 is 28.1. The summed E-state index contributed by atoms with van der Waals surface area (Å²) in [6, 6.07) is 0. The van der Waals surface area contributed by atoms with E-state index in [0.717, 1.165) is 12.8 Å². The van der Waals surface area contributed by atoms with E-state index in [1.807, 2.05) is 0 Å². The number of halogens is 2. The van der Waals surface area contributed by atoms with Crippen LogP contribution < -0.4 is 0 Å². The van der Waals surface area contributed by atoms with Gasteiger partial charge in [0, 0.05) is 6.21 Å². The van der Waals surface area contributed by atoms with Crippen LogP contribution in [0.1, 0.15) is 19.8 Å². The minimum atomic E-state index is -2.78. The van der Waals surface area contributed by atoms with E-state index in [2.05, 4.69) is 9.73 Å². The molecule has 0 radical (unpaired) electrons. The van der Waals surface area contributed by atoms with E-state index in [1.165, 1.54) is 0 Å². The fourth-order valence-corrected chi connectivity index (χ4v) is 1.10. The third kappa shape index (κ3) is 2.97. The number of allylic oxidation sites excluding steroid dienone is 2. The van der Waals surface area contributed by atoms with Crippen LogP contribution in [0.2, 0.25) is 0 Å². The second-order valence-electron chi connectivity index (χ2n) is 2.50. The Balaban J connectivity index is 2.69. The lowest BCUT2D eigenvalue weighted by Gasteiger charge is -2.12. The topological polar surface area (TPSA) is 21.6 Å². The lowest BCUT2D eigenvalue weighted by molar-refractivity contribution is -0.0939. The van der Waals surface area contributed by atoms with Crippen LogP contribution in [0.15, 0.2) is 28.6 Å². The molecule has 1 aliphatic rings. The molecule has 0 aromatic heterocycles. The fourth-order valence-electron chi connectivity index (χ4n) is 1.10. The Kier molecular flexibility index (Phi) is 3.61. The van der Waals surface area contributed by atoms with Crippen LogP contribution in [0.5, 0.6) is 0 Å². The van der Waals surface area contributed by atoms with Gasteiger partial charge in [0.2, 0.25) is 0 Å². The van der Waals surface area contributed by atoms with Crippen molar-refractivity contribution in [2.45, 2.75) is 26.4 Å². The molecule has 72 valence electrons. The Morgan fingerprint density at radius 1 is 1.46 bits per heavy atom. The van der Waals surface area contributed by atoms with Crippen molar-refractivity contribution in [1.82, 2.24) is 0 Å². The van der Waals surface area contributed by atoms with Crippen molar-refractivity contribution in [3.63, 3.8) is 0 Å². The minimum absolute atomic E-state index is 0.180. The summed E-state index contributed by atoms with van der Waals surface area (Å²) in [6.07, 6.45) is 6.53. The van der Waals surface area contributed by atoms with Crippen LogP contribution in [-0.2, 0) is 4.74 Å². The molecule has 4 heteroatoms. The highest BCUT2D eigenvalue weighted by molar-refractivity contribution is 5.56. The van der Waals surface area contributed by atoms with Gasteiger partial charge in [-0.2, -0.15) is 8.78 Å². The van der Waals surface area contributed by atoms with Crippen molar-refractivity contribution in [3.05, 3.63) is 23.6 Å². The van der Waals surface area contributed by atoms with Crippen molar-refractivity contribution in [1.29, 1.82) is 0 Å². The van der Waals surface area contributed by atoms with Crippen LogP contribution in [-0.4, -0.2) is 12.8 Å². The zero-order chi connectivity index (χ0) is 9.68. The maximum atomic E-state index is 11.9. The normalized spacial score (nSPS) is 17.5. The van der Waals surface area contributed by atoms with Gasteiger partial charge in [0.25, 0.3) is 0 Å². The van der Waals surface area contributed by atoms with Crippen molar-refractivity contribution >= 4 is 6.21 Å². The number of alkyl halides is 2. The number of rotatable bonds is 3. The quantitative estimate of drug-likeness (QED) is 0.622. The third-order valence-electron chi connectivity index (χ3n) is 1.57. The zero-order valence-corrected chi connectivity index (χ0v) is 7.34. The van der Waals surface area contributed by atoms with Crippen molar-refractivity contribution < 1.29 is 13.5 Å². The van der Waals surface area contributed by atoms with Crippen molar-refractivity contribution in [2.24, 2.45) is 4.99 Å². The number of hydrogen-bond donors (Lipinski definition) is 0. The molecule has 1 aliphatic carbocycles. The Bertz CT molecular complexity index is 256. The lowest BCUT2D eigenvalue weighted by Crippen LogP contribution is -2.03. The summed E-state index contributed by atoms with van der Waals surface area (Å²) in [5.74, 6) is 0.180. The van der Waals surface area contributed by atoms with Gasteiger partial charge in [-0.1, -0.05) is 6.08 Å². The average molecular weight is 187 g/mol. The SMILES string of the molecule is CC=NC1=CCCC=C1OC(F)F. The Hall–Kier alpha value is -1.19. The molecule has 0 spiro atoms. The van der Waals surface area contributed by atoms with Gasteiger partial charge in [0.1, 0.15) is 11.5 Å². The van der Waals surface area contributed by atoms with E-state index in [1.54, 1.807) is 25.3 Å². The summed E-state index contributed by atoms with van der Waals surface area (Å²) >= 11 is 0. The highest BCUT2D eigenvalue weighted by atomic mass is 19.3. The molecule has 1 rings (SSSR count). The second kappa shape index (κ2) is 4.74. The average Bonchev–Trinajstić information content (AvgIpc) is 2.08. The van der Waals surface area contributed by atoms with Gasteiger partial charge in [-0.25, -0.2) is 0 Å². The maximum absolute atomic E-state index is 11.9. The summed E-state index contributed by atoms with van der Waals surface area (Å²) in [6.45, 7) is -1.05. The molecule has 0 heterocycles. The zero-order valence-electron chi connectivity index (χ0n) is 7.34. The van der Waals surface area contributed by atoms with E-state index >= 15 is 0 Å². The number of aliphatic imine (C=N–C) groups is 1. The molecule has 0 unspecified atom stereocenters. The van der Waals surface area contributed by atoms with Crippen molar-refractivity contribution in [3.8, 4) is 0 Å². The first kappa shape index (κ1) is 9.89. The van der Waals surface area contributed by atoms with Gasteiger partial charge in [-0.3, -0.25) is 4.99 Å². The van der Waals surface area contributed by atoms with Gasteiger partial charge in [0.05, 0.1) is 0 Å². The van der Waals surface area contributed by atoms with Crippen LogP contribution in [0.4, 0.5) is 8.78 Å². The third-order valence-corrected chi connectivity index (χ3v) is 1.57. The molecule has 2 nitrogen and oxygen atoms in total. The molecule has 0 saturated carbocycles. The number of hydrogen-bond acceptors (Lipinski definition) is 2. The first-order valence-corrected chi connectivity index (χ1v) is 4.08. The second-order valence-corrected chi connectivity index (χ2v) is 2.50. The van der Waals surface area contributed by atoms with Crippen LogP contribution in [0.3, 0.4) is 0 Å². The molecule has 0 atom stereocenters. The minimum Gasteiger partial charge on any atom is -0.433 e. The summed E-state index contributed by atoms with van der Waals surface area (Å²) in [5.41, 5.74) is 0.494. The predicted molar refractivity (Wildman–Crippen MR) is 46.7 cm³/mol. The van der Waals surface area contributed by atoms with E-state index in [-0.39, 0.29) is 5.76 Å².